The average Bonchev–Trinajstić information content (AvgIpc) is 2.79. The van der Waals surface area contributed by atoms with Gasteiger partial charge >= 0.3 is 0 Å². The molecular weight excluding hydrogens is 276 g/mol. The van der Waals surface area contributed by atoms with Crippen molar-refractivity contribution in [3.05, 3.63) is 0 Å². The average molecular weight is 306 g/mol. The van der Waals surface area contributed by atoms with E-state index in [1.807, 2.05) is 0 Å². The first-order valence-electron chi connectivity index (χ1n) is 9.25. The zero-order valence-electron chi connectivity index (χ0n) is 13.9. The Morgan fingerprint density at radius 2 is 1.77 bits per heavy atom. The lowest BCUT2D eigenvalue weighted by Crippen LogP contribution is -2.59. The fourth-order valence-corrected chi connectivity index (χ4v) is 7.00. The van der Waals surface area contributed by atoms with Crippen LogP contribution in [0.2, 0.25) is 0 Å². The molecule has 4 saturated carbocycles. The number of carbonyl (C=O) groups is 1. The summed E-state index contributed by atoms with van der Waals surface area (Å²) in [6, 6.07) is 0. The summed E-state index contributed by atoms with van der Waals surface area (Å²) < 4.78 is 0. The minimum atomic E-state index is -0.385. The molecule has 3 nitrogen and oxygen atoms in total. The number of rotatable bonds is 0. The van der Waals surface area contributed by atoms with Gasteiger partial charge in [0, 0.05) is 18.3 Å². The number of hydrogen-bond acceptors (Lipinski definition) is 3. The molecule has 0 radical (unpaired) electrons. The minimum Gasteiger partial charge on any atom is -0.392 e. The summed E-state index contributed by atoms with van der Waals surface area (Å²) in [5.41, 5.74) is -0.0679. The van der Waals surface area contributed by atoms with Crippen LogP contribution in [0.4, 0.5) is 0 Å². The second-order valence-corrected chi connectivity index (χ2v) is 9.11. The Morgan fingerprint density at radius 3 is 2.55 bits per heavy atom. The predicted octanol–water partition coefficient (Wildman–Crippen LogP) is 2.93. The van der Waals surface area contributed by atoms with Gasteiger partial charge in [-0.2, -0.15) is 0 Å². The molecule has 4 fully saturated rings. The van der Waals surface area contributed by atoms with Crippen molar-refractivity contribution in [1.82, 2.24) is 0 Å². The molecule has 0 bridgehead atoms. The van der Waals surface area contributed by atoms with Crippen LogP contribution in [0, 0.1) is 34.5 Å². The highest BCUT2D eigenvalue weighted by molar-refractivity contribution is 5.79. The van der Waals surface area contributed by atoms with E-state index in [1.165, 1.54) is 12.8 Å². The molecule has 4 aliphatic carbocycles. The molecule has 0 aliphatic heterocycles. The van der Waals surface area contributed by atoms with Crippen LogP contribution in [0.15, 0.2) is 0 Å². The number of Topliss-reactive ketones (excluding diaryl/α,β-unsaturated/α-hetero) is 1. The Balaban J connectivity index is 1.68. The lowest BCUT2D eigenvalue weighted by atomic mass is 9.44. The van der Waals surface area contributed by atoms with Gasteiger partial charge in [-0.05, 0) is 67.6 Å². The molecule has 0 amide bonds. The maximum Gasteiger partial charge on any atom is 0.133 e. The number of carbonyl (C=O) groups excluding carboxylic acids is 1. The number of aliphatic hydroxyl groups excluding tert-OH is 2. The molecule has 4 aliphatic rings. The van der Waals surface area contributed by atoms with Crippen molar-refractivity contribution >= 4 is 5.78 Å². The summed E-state index contributed by atoms with van der Waals surface area (Å²) in [4.78, 5) is 11.9. The van der Waals surface area contributed by atoms with Crippen molar-refractivity contribution in [1.29, 1.82) is 0 Å². The third-order valence-corrected chi connectivity index (χ3v) is 8.54. The van der Waals surface area contributed by atoms with Crippen LogP contribution in [0.25, 0.3) is 0 Å². The van der Waals surface area contributed by atoms with E-state index in [0.29, 0.717) is 29.5 Å². The summed E-state index contributed by atoms with van der Waals surface area (Å²) in [5.74, 6) is 2.61. The van der Waals surface area contributed by atoms with Gasteiger partial charge in [-0.15, -0.1) is 0 Å². The zero-order chi connectivity index (χ0) is 15.7. The molecular formula is C19H30O3. The molecule has 0 aromatic carbocycles. The molecule has 124 valence electrons. The van der Waals surface area contributed by atoms with E-state index in [-0.39, 0.29) is 23.0 Å². The second kappa shape index (κ2) is 4.80. The fourth-order valence-electron chi connectivity index (χ4n) is 7.00. The van der Waals surface area contributed by atoms with Crippen molar-refractivity contribution in [2.24, 2.45) is 34.5 Å². The highest BCUT2D eigenvalue weighted by Crippen LogP contribution is 2.65. The molecule has 22 heavy (non-hydrogen) atoms. The summed E-state index contributed by atoms with van der Waals surface area (Å²) in [7, 11) is 0. The van der Waals surface area contributed by atoms with E-state index in [1.54, 1.807) is 0 Å². The molecule has 0 heterocycles. The summed E-state index contributed by atoms with van der Waals surface area (Å²) in [6.07, 6.45) is 6.88. The first kappa shape index (κ1) is 15.1. The Kier molecular flexibility index (Phi) is 3.30. The molecule has 8 atom stereocenters. The Hall–Kier alpha value is -0.410. The normalized spacial score (nSPS) is 57.9. The van der Waals surface area contributed by atoms with Crippen LogP contribution in [-0.4, -0.2) is 28.2 Å². The van der Waals surface area contributed by atoms with Crippen LogP contribution in [0.5, 0.6) is 0 Å². The van der Waals surface area contributed by atoms with Crippen molar-refractivity contribution in [3.8, 4) is 0 Å². The standard InChI is InChI=1S/C19H30O3/c1-18-8-7-12(20)9-11(18)3-4-13-14-5-6-16(21)19(14,2)17(22)10-15(13)18/h11,13-17,21-22H,3-10H2,1-2H3. The SMILES string of the molecule is CC12CCC(=O)CC1CCC1C2CC(O)C2(C)C(O)CCC12. The van der Waals surface area contributed by atoms with Crippen LogP contribution >= 0.6 is 0 Å². The molecule has 0 aromatic rings. The topological polar surface area (TPSA) is 57.5 Å². The molecule has 8 unspecified atom stereocenters. The third-order valence-electron chi connectivity index (χ3n) is 8.54. The van der Waals surface area contributed by atoms with E-state index >= 15 is 0 Å². The maximum absolute atomic E-state index is 11.9. The molecule has 4 rings (SSSR count). The van der Waals surface area contributed by atoms with Crippen molar-refractivity contribution in [3.63, 3.8) is 0 Å². The van der Waals surface area contributed by atoms with E-state index in [9.17, 15) is 15.0 Å². The minimum absolute atomic E-state index is 0.229. The van der Waals surface area contributed by atoms with E-state index < -0.39 is 0 Å². The first-order chi connectivity index (χ1) is 10.4. The van der Waals surface area contributed by atoms with Gasteiger partial charge in [0.05, 0.1) is 12.2 Å². The summed E-state index contributed by atoms with van der Waals surface area (Å²) in [6.45, 7) is 4.51. The summed E-state index contributed by atoms with van der Waals surface area (Å²) >= 11 is 0. The third kappa shape index (κ3) is 1.78. The predicted molar refractivity (Wildman–Crippen MR) is 84.1 cm³/mol. The molecule has 2 N–H and O–H groups in total. The number of aliphatic hydroxyl groups is 2. The van der Waals surface area contributed by atoms with Gasteiger partial charge < -0.3 is 10.2 Å². The van der Waals surface area contributed by atoms with Gasteiger partial charge in [-0.1, -0.05) is 13.8 Å². The monoisotopic (exact) mass is 306 g/mol. The number of fused-ring (bicyclic) bond motifs is 5. The molecule has 0 aromatic heterocycles. The second-order valence-electron chi connectivity index (χ2n) is 9.11. The lowest BCUT2D eigenvalue weighted by molar-refractivity contribution is -0.176. The lowest BCUT2D eigenvalue weighted by Gasteiger charge is -2.61. The number of hydrogen-bond donors (Lipinski definition) is 2. The quantitative estimate of drug-likeness (QED) is 0.723. The van der Waals surface area contributed by atoms with Gasteiger partial charge in [0.1, 0.15) is 5.78 Å². The fraction of sp³-hybridized carbons (Fsp3) is 0.947. The maximum atomic E-state index is 11.9. The highest BCUT2D eigenvalue weighted by atomic mass is 16.3. The molecule has 0 saturated heterocycles. The first-order valence-corrected chi connectivity index (χ1v) is 9.25. The van der Waals surface area contributed by atoms with Gasteiger partial charge in [0.25, 0.3) is 0 Å². The zero-order valence-corrected chi connectivity index (χ0v) is 13.9. The Morgan fingerprint density at radius 1 is 1.00 bits per heavy atom. The summed E-state index contributed by atoms with van der Waals surface area (Å²) in [5, 5.41) is 21.3. The smallest absolute Gasteiger partial charge is 0.133 e. The van der Waals surface area contributed by atoms with Crippen molar-refractivity contribution in [2.45, 2.75) is 77.4 Å². The number of ketones is 1. The van der Waals surface area contributed by atoms with E-state index in [0.717, 1.165) is 38.5 Å². The van der Waals surface area contributed by atoms with Gasteiger partial charge in [0.2, 0.25) is 0 Å². The molecule has 0 spiro atoms. The van der Waals surface area contributed by atoms with Gasteiger partial charge in [0.15, 0.2) is 0 Å². The Labute approximate surface area is 133 Å². The Bertz CT molecular complexity index is 489. The van der Waals surface area contributed by atoms with Crippen LogP contribution in [0.3, 0.4) is 0 Å². The van der Waals surface area contributed by atoms with Gasteiger partial charge in [-0.3, -0.25) is 4.79 Å². The van der Waals surface area contributed by atoms with E-state index in [2.05, 4.69) is 13.8 Å². The van der Waals surface area contributed by atoms with Crippen molar-refractivity contribution in [2.75, 3.05) is 0 Å². The van der Waals surface area contributed by atoms with Crippen molar-refractivity contribution < 1.29 is 15.0 Å². The van der Waals surface area contributed by atoms with Gasteiger partial charge in [-0.25, -0.2) is 0 Å². The van der Waals surface area contributed by atoms with E-state index in [4.69, 9.17) is 0 Å². The highest BCUT2D eigenvalue weighted by Gasteiger charge is 2.63. The van der Waals surface area contributed by atoms with Crippen LogP contribution < -0.4 is 0 Å². The largest absolute Gasteiger partial charge is 0.392 e. The van der Waals surface area contributed by atoms with Crippen LogP contribution in [-0.2, 0) is 4.79 Å². The molecule has 3 heteroatoms. The van der Waals surface area contributed by atoms with Crippen LogP contribution in [0.1, 0.15) is 65.2 Å².